The van der Waals surface area contributed by atoms with Crippen LogP contribution >= 0.6 is 11.6 Å². The van der Waals surface area contributed by atoms with E-state index in [1.54, 1.807) is 7.11 Å². The third-order valence-corrected chi connectivity index (χ3v) is 4.15. The van der Waals surface area contributed by atoms with Crippen molar-refractivity contribution >= 4 is 17.7 Å². The molecule has 1 saturated carbocycles. The molecule has 1 aliphatic carbocycles. The van der Waals surface area contributed by atoms with Crippen molar-refractivity contribution in [3.8, 4) is 0 Å². The second kappa shape index (κ2) is 5.39. The van der Waals surface area contributed by atoms with Crippen LogP contribution in [0.2, 0.25) is 5.02 Å². The van der Waals surface area contributed by atoms with Gasteiger partial charge >= 0.3 is 6.09 Å². The highest BCUT2D eigenvalue weighted by atomic mass is 35.5. The first kappa shape index (κ1) is 14.2. The number of hydrogen-bond acceptors (Lipinski definition) is 3. The van der Waals surface area contributed by atoms with Gasteiger partial charge in [0.05, 0.1) is 0 Å². The molecule has 0 aliphatic heterocycles. The van der Waals surface area contributed by atoms with Crippen molar-refractivity contribution in [1.29, 1.82) is 0 Å². The molecule has 1 aromatic carbocycles. The van der Waals surface area contributed by atoms with Crippen LogP contribution in [0.5, 0.6) is 0 Å². The summed E-state index contributed by atoms with van der Waals surface area (Å²) in [5.41, 5.74) is 5.47. The fourth-order valence-electron chi connectivity index (χ4n) is 2.80. The molecule has 0 spiro atoms. The number of benzene rings is 1. The standard InChI is InChI=1S/C14H18ClNO3/c1-3-14(18-2,9-6-4-5-7-11(9)15)10-8-12(10)19-13(16)17/h4-7,10,12H,3,8H2,1-2H3,(H2,16,17)/t10-,12?,14+/m0/s1. The van der Waals surface area contributed by atoms with Crippen LogP contribution in [0.3, 0.4) is 0 Å². The number of carbonyl (C=O) groups excluding carboxylic acids is 1. The molecule has 0 saturated heterocycles. The first-order valence-corrected chi connectivity index (χ1v) is 6.69. The number of methoxy groups -OCH3 is 1. The summed E-state index contributed by atoms with van der Waals surface area (Å²) in [5, 5.41) is 0.663. The summed E-state index contributed by atoms with van der Waals surface area (Å²) in [6.45, 7) is 2.03. The zero-order chi connectivity index (χ0) is 14.0. The van der Waals surface area contributed by atoms with Gasteiger partial charge in [-0.3, -0.25) is 0 Å². The fourth-order valence-corrected chi connectivity index (χ4v) is 3.10. The van der Waals surface area contributed by atoms with E-state index in [2.05, 4.69) is 0 Å². The van der Waals surface area contributed by atoms with Crippen molar-refractivity contribution in [3.63, 3.8) is 0 Å². The molecule has 104 valence electrons. The molecule has 2 rings (SSSR count). The van der Waals surface area contributed by atoms with E-state index in [1.807, 2.05) is 31.2 Å². The van der Waals surface area contributed by atoms with Crippen LogP contribution in [0.1, 0.15) is 25.3 Å². The maximum atomic E-state index is 10.8. The van der Waals surface area contributed by atoms with E-state index in [0.717, 1.165) is 18.4 Å². The Labute approximate surface area is 117 Å². The summed E-state index contributed by atoms with van der Waals surface area (Å²) in [6, 6.07) is 7.60. The molecule has 1 aliphatic rings. The highest BCUT2D eigenvalue weighted by molar-refractivity contribution is 6.31. The van der Waals surface area contributed by atoms with Gasteiger partial charge in [-0.25, -0.2) is 4.79 Å². The lowest BCUT2D eigenvalue weighted by atomic mass is 9.85. The molecule has 5 heteroatoms. The Bertz CT molecular complexity index is 474. The van der Waals surface area contributed by atoms with E-state index in [-0.39, 0.29) is 12.0 Å². The van der Waals surface area contributed by atoms with Gasteiger partial charge in [0.2, 0.25) is 0 Å². The Morgan fingerprint density at radius 3 is 2.74 bits per heavy atom. The minimum Gasteiger partial charge on any atom is -0.446 e. The average Bonchev–Trinajstić information content (AvgIpc) is 3.12. The van der Waals surface area contributed by atoms with Crippen LogP contribution in [-0.4, -0.2) is 19.3 Å². The number of rotatable bonds is 5. The predicted molar refractivity (Wildman–Crippen MR) is 73.0 cm³/mol. The number of hydrogen-bond donors (Lipinski definition) is 1. The molecule has 0 heterocycles. The van der Waals surface area contributed by atoms with Crippen LogP contribution in [0, 0.1) is 5.92 Å². The second-order valence-corrected chi connectivity index (χ2v) is 5.15. The van der Waals surface area contributed by atoms with Gasteiger partial charge in [0.1, 0.15) is 11.7 Å². The van der Waals surface area contributed by atoms with E-state index in [9.17, 15) is 4.79 Å². The topological polar surface area (TPSA) is 61.6 Å². The maximum Gasteiger partial charge on any atom is 0.404 e. The van der Waals surface area contributed by atoms with Gasteiger partial charge in [-0.1, -0.05) is 36.7 Å². The smallest absolute Gasteiger partial charge is 0.404 e. The Kier molecular flexibility index (Phi) is 4.02. The monoisotopic (exact) mass is 283 g/mol. The quantitative estimate of drug-likeness (QED) is 0.903. The number of ether oxygens (including phenoxy) is 2. The van der Waals surface area contributed by atoms with Crippen molar-refractivity contribution in [3.05, 3.63) is 34.9 Å². The summed E-state index contributed by atoms with van der Waals surface area (Å²) in [6.07, 6.45) is 0.563. The molecule has 2 N–H and O–H groups in total. The molecule has 0 aromatic heterocycles. The largest absolute Gasteiger partial charge is 0.446 e. The Morgan fingerprint density at radius 2 is 2.21 bits per heavy atom. The average molecular weight is 284 g/mol. The van der Waals surface area contributed by atoms with Gasteiger partial charge in [0.25, 0.3) is 0 Å². The third kappa shape index (κ3) is 2.55. The fraction of sp³-hybridized carbons (Fsp3) is 0.500. The van der Waals surface area contributed by atoms with Crippen molar-refractivity contribution in [1.82, 2.24) is 0 Å². The Hall–Kier alpha value is -1.26. The summed E-state index contributed by atoms with van der Waals surface area (Å²) in [7, 11) is 1.66. The zero-order valence-corrected chi connectivity index (χ0v) is 11.8. The summed E-state index contributed by atoms with van der Waals surface area (Å²) < 4.78 is 10.8. The molecule has 1 amide bonds. The van der Waals surface area contributed by atoms with Crippen molar-refractivity contribution in [2.45, 2.75) is 31.5 Å². The SMILES string of the molecule is CC[C@@](OC)(c1ccccc1Cl)[C@H]1CC1OC(N)=O. The predicted octanol–water partition coefficient (Wildman–Crippen LogP) is 3.08. The molecule has 3 atom stereocenters. The molecule has 1 aromatic rings. The first-order chi connectivity index (χ1) is 9.05. The first-order valence-electron chi connectivity index (χ1n) is 6.31. The van der Waals surface area contributed by atoms with Crippen molar-refractivity contribution in [2.24, 2.45) is 11.7 Å². The van der Waals surface area contributed by atoms with Gasteiger partial charge in [0.15, 0.2) is 0 Å². The van der Waals surface area contributed by atoms with E-state index in [0.29, 0.717) is 5.02 Å². The Morgan fingerprint density at radius 1 is 1.53 bits per heavy atom. The number of nitrogens with two attached hydrogens (primary N) is 1. The molecule has 0 bridgehead atoms. The maximum absolute atomic E-state index is 10.8. The lowest BCUT2D eigenvalue weighted by molar-refractivity contribution is -0.0488. The normalized spacial score (nSPS) is 24.6. The van der Waals surface area contributed by atoms with E-state index in [1.165, 1.54) is 0 Å². The van der Waals surface area contributed by atoms with Gasteiger partial charge in [0, 0.05) is 23.6 Å². The van der Waals surface area contributed by atoms with Crippen molar-refractivity contribution in [2.75, 3.05) is 7.11 Å². The lowest BCUT2D eigenvalue weighted by Crippen LogP contribution is -2.33. The van der Waals surface area contributed by atoms with Gasteiger partial charge in [-0.05, 0) is 18.9 Å². The van der Waals surface area contributed by atoms with Crippen LogP contribution < -0.4 is 5.73 Å². The van der Waals surface area contributed by atoms with Crippen LogP contribution in [0.15, 0.2) is 24.3 Å². The molecular weight excluding hydrogens is 266 g/mol. The Balaban J connectivity index is 2.30. The van der Waals surface area contributed by atoms with E-state index >= 15 is 0 Å². The van der Waals surface area contributed by atoms with Crippen molar-refractivity contribution < 1.29 is 14.3 Å². The molecule has 19 heavy (non-hydrogen) atoms. The second-order valence-electron chi connectivity index (χ2n) is 4.74. The number of halogens is 1. The third-order valence-electron chi connectivity index (χ3n) is 3.82. The molecule has 4 nitrogen and oxygen atoms in total. The van der Waals surface area contributed by atoms with Crippen LogP contribution in [0.4, 0.5) is 4.79 Å². The summed E-state index contributed by atoms with van der Waals surface area (Å²) in [5.74, 6) is 0.0925. The van der Waals surface area contributed by atoms with Gasteiger partial charge < -0.3 is 15.2 Å². The minimum absolute atomic E-state index is 0.0925. The minimum atomic E-state index is -0.743. The number of carbonyl (C=O) groups is 1. The number of primary amides is 1. The van der Waals surface area contributed by atoms with Gasteiger partial charge in [-0.15, -0.1) is 0 Å². The lowest BCUT2D eigenvalue weighted by Gasteiger charge is -2.33. The number of amides is 1. The molecule has 1 fully saturated rings. The highest BCUT2D eigenvalue weighted by Crippen LogP contribution is 2.53. The molecular formula is C14H18ClNO3. The zero-order valence-electron chi connectivity index (χ0n) is 11.1. The van der Waals surface area contributed by atoms with Crippen LogP contribution in [0.25, 0.3) is 0 Å². The van der Waals surface area contributed by atoms with Gasteiger partial charge in [-0.2, -0.15) is 0 Å². The summed E-state index contributed by atoms with van der Waals surface area (Å²) >= 11 is 6.28. The summed E-state index contributed by atoms with van der Waals surface area (Å²) in [4.78, 5) is 10.8. The van der Waals surface area contributed by atoms with E-state index < -0.39 is 11.7 Å². The van der Waals surface area contributed by atoms with Crippen LogP contribution in [-0.2, 0) is 15.1 Å². The molecule has 0 radical (unpaired) electrons. The highest BCUT2D eigenvalue weighted by Gasteiger charge is 2.56. The van der Waals surface area contributed by atoms with E-state index in [4.69, 9.17) is 26.8 Å². The molecule has 1 unspecified atom stereocenters.